The molecule has 6 nitrogen and oxygen atoms in total. The van der Waals surface area contributed by atoms with Gasteiger partial charge in [0.1, 0.15) is 17.3 Å². The molecule has 0 fully saturated rings. The Balaban J connectivity index is 1.67. The molecule has 1 aliphatic rings. The van der Waals surface area contributed by atoms with Gasteiger partial charge >= 0.3 is 0 Å². The first-order chi connectivity index (χ1) is 11.5. The molecule has 1 amide bonds. The van der Waals surface area contributed by atoms with Crippen molar-refractivity contribution >= 4 is 11.6 Å². The van der Waals surface area contributed by atoms with E-state index >= 15 is 0 Å². The Kier molecular flexibility index (Phi) is 4.85. The maximum absolute atomic E-state index is 12.4. The third-order valence-corrected chi connectivity index (χ3v) is 4.09. The predicted molar refractivity (Wildman–Crippen MR) is 93.3 cm³/mol. The number of ether oxygens (including phenoxy) is 1. The Bertz CT molecular complexity index is 706. The maximum atomic E-state index is 12.4. The standard InChI is InChI=1S/C18H24N4O2/c1-13(2)10-21-8-9-22-11-16(20-17(22)12-21)18(23)19-14-4-6-15(24-3)7-5-14/h4-7,11,13H,8-10,12H2,1-3H3,(H,19,23). The minimum absolute atomic E-state index is 0.183. The van der Waals surface area contributed by atoms with E-state index in [9.17, 15) is 4.79 Å². The number of rotatable bonds is 5. The normalized spacial score (nSPS) is 14.5. The maximum Gasteiger partial charge on any atom is 0.275 e. The quantitative estimate of drug-likeness (QED) is 0.916. The van der Waals surface area contributed by atoms with E-state index < -0.39 is 0 Å². The van der Waals surface area contributed by atoms with Gasteiger partial charge in [0.05, 0.1) is 13.7 Å². The fourth-order valence-electron chi connectivity index (χ4n) is 2.95. The smallest absolute Gasteiger partial charge is 0.275 e. The Labute approximate surface area is 142 Å². The van der Waals surface area contributed by atoms with Gasteiger partial charge in [0.15, 0.2) is 0 Å². The number of fused-ring (bicyclic) bond motifs is 1. The van der Waals surface area contributed by atoms with Crippen LogP contribution in [0.4, 0.5) is 5.69 Å². The van der Waals surface area contributed by atoms with Gasteiger partial charge in [-0.05, 0) is 30.2 Å². The monoisotopic (exact) mass is 328 g/mol. The molecule has 0 atom stereocenters. The van der Waals surface area contributed by atoms with E-state index in [1.807, 2.05) is 30.5 Å². The lowest BCUT2D eigenvalue weighted by atomic mass is 10.2. The molecule has 6 heteroatoms. The molecule has 1 aromatic heterocycles. The van der Waals surface area contributed by atoms with Gasteiger partial charge in [-0.15, -0.1) is 0 Å². The van der Waals surface area contributed by atoms with E-state index in [0.717, 1.165) is 43.4 Å². The minimum Gasteiger partial charge on any atom is -0.497 e. The number of amides is 1. The van der Waals surface area contributed by atoms with Gasteiger partial charge in [0.25, 0.3) is 5.91 Å². The van der Waals surface area contributed by atoms with Crippen molar-refractivity contribution in [1.29, 1.82) is 0 Å². The van der Waals surface area contributed by atoms with Crippen LogP contribution >= 0.6 is 0 Å². The molecule has 2 heterocycles. The molecule has 0 saturated carbocycles. The van der Waals surface area contributed by atoms with Gasteiger partial charge in [-0.25, -0.2) is 4.98 Å². The van der Waals surface area contributed by atoms with Crippen LogP contribution < -0.4 is 10.1 Å². The highest BCUT2D eigenvalue weighted by Gasteiger charge is 2.21. The lowest BCUT2D eigenvalue weighted by Crippen LogP contribution is -2.35. The van der Waals surface area contributed by atoms with Crippen molar-refractivity contribution < 1.29 is 9.53 Å². The third-order valence-electron chi connectivity index (χ3n) is 4.09. The average Bonchev–Trinajstić information content (AvgIpc) is 2.98. The molecule has 1 aliphatic heterocycles. The topological polar surface area (TPSA) is 59.4 Å². The second-order valence-corrected chi connectivity index (χ2v) is 6.55. The number of carbonyl (C=O) groups is 1. The highest BCUT2D eigenvalue weighted by Crippen LogP contribution is 2.17. The van der Waals surface area contributed by atoms with Gasteiger partial charge < -0.3 is 14.6 Å². The van der Waals surface area contributed by atoms with Crippen LogP contribution in [-0.4, -0.2) is 40.6 Å². The highest BCUT2D eigenvalue weighted by atomic mass is 16.5. The first-order valence-electron chi connectivity index (χ1n) is 8.29. The summed E-state index contributed by atoms with van der Waals surface area (Å²) < 4.78 is 7.20. The average molecular weight is 328 g/mol. The predicted octanol–water partition coefficient (Wildman–Crippen LogP) is 2.62. The van der Waals surface area contributed by atoms with Crippen molar-refractivity contribution in [3.8, 4) is 5.75 Å². The molecule has 0 unspecified atom stereocenters. The van der Waals surface area contributed by atoms with Crippen molar-refractivity contribution in [2.45, 2.75) is 26.9 Å². The summed E-state index contributed by atoms with van der Waals surface area (Å²) in [5.41, 5.74) is 1.19. The van der Waals surface area contributed by atoms with Crippen LogP contribution in [0.5, 0.6) is 5.75 Å². The summed E-state index contributed by atoms with van der Waals surface area (Å²) in [6.45, 7) is 8.17. The van der Waals surface area contributed by atoms with Crippen molar-refractivity contribution in [3.05, 3.63) is 42.0 Å². The number of anilines is 1. The van der Waals surface area contributed by atoms with E-state index in [-0.39, 0.29) is 5.91 Å². The van der Waals surface area contributed by atoms with Crippen LogP contribution in [0.2, 0.25) is 0 Å². The number of nitrogens with one attached hydrogen (secondary N) is 1. The zero-order chi connectivity index (χ0) is 17.1. The zero-order valence-corrected chi connectivity index (χ0v) is 14.5. The van der Waals surface area contributed by atoms with Crippen LogP contribution in [0.1, 0.15) is 30.2 Å². The number of hydrogen-bond donors (Lipinski definition) is 1. The number of imidazole rings is 1. The van der Waals surface area contributed by atoms with Gasteiger partial charge in [0.2, 0.25) is 0 Å². The number of nitrogens with zero attached hydrogens (tertiary/aromatic N) is 3. The van der Waals surface area contributed by atoms with Crippen molar-refractivity contribution in [1.82, 2.24) is 14.5 Å². The number of methoxy groups -OCH3 is 1. The fourth-order valence-corrected chi connectivity index (χ4v) is 2.95. The second kappa shape index (κ2) is 7.05. The zero-order valence-electron chi connectivity index (χ0n) is 14.5. The Morgan fingerprint density at radius 1 is 1.29 bits per heavy atom. The van der Waals surface area contributed by atoms with E-state index in [2.05, 4.69) is 33.6 Å². The van der Waals surface area contributed by atoms with Crippen LogP contribution in [0.15, 0.2) is 30.5 Å². The van der Waals surface area contributed by atoms with Crippen molar-refractivity contribution in [2.24, 2.45) is 5.92 Å². The molecule has 0 aliphatic carbocycles. The molecule has 128 valence electrons. The SMILES string of the molecule is COc1ccc(NC(=O)c2cn3c(n2)CN(CC(C)C)CC3)cc1. The Morgan fingerprint density at radius 3 is 2.71 bits per heavy atom. The van der Waals surface area contributed by atoms with Gasteiger partial charge in [-0.3, -0.25) is 9.69 Å². The highest BCUT2D eigenvalue weighted by molar-refractivity contribution is 6.02. The Morgan fingerprint density at radius 2 is 2.04 bits per heavy atom. The summed E-state index contributed by atoms with van der Waals surface area (Å²) >= 11 is 0. The lowest BCUT2D eigenvalue weighted by Gasteiger charge is -2.28. The number of benzene rings is 1. The number of hydrogen-bond acceptors (Lipinski definition) is 4. The van der Waals surface area contributed by atoms with E-state index in [1.165, 1.54) is 0 Å². The first-order valence-corrected chi connectivity index (χ1v) is 8.29. The van der Waals surface area contributed by atoms with Crippen LogP contribution in [-0.2, 0) is 13.1 Å². The molecule has 1 N–H and O–H groups in total. The summed E-state index contributed by atoms with van der Waals surface area (Å²) in [6, 6.07) is 7.27. The summed E-state index contributed by atoms with van der Waals surface area (Å²) in [5, 5.41) is 2.88. The van der Waals surface area contributed by atoms with Crippen molar-refractivity contribution in [3.63, 3.8) is 0 Å². The molecule has 2 aromatic rings. The number of aromatic nitrogens is 2. The molecule has 3 rings (SSSR count). The van der Waals surface area contributed by atoms with E-state index in [0.29, 0.717) is 11.6 Å². The van der Waals surface area contributed by atoms with Crippen LogP contribution in [0.25, 0.3) is 0 Å². The molecule has 0 saturated heterocycles. The second-order valence-electron chi connectivity index (χ2n) is 6.55. The summed E-state index contributed by atoms with van der Waals surface area (Å²) in [7, 11) is 1.62. The van der Waals surface area contributed by atoms with Gasteiger partial charge in [0, 0.05) is 31.5 Å². The molecule has 24 heavy (non-hydrogen) atoms. The Hall–Kier alpha value is -2.34. The van der Waals surface area contributed by atoms with Crippen LogP contribution in [0, 0.1) is 5.92 Å². The molecule has 0 radical (unpaired) electrons. The molecular weight excluding hydrogens is 304 g/mol. The molecule has 0 bridgehead atoms. The minimum atomic E-state index is -0.183. The summed E-state index contributed by atoms with van der Waals surface area (Å²) in [5.74, 6) is 2.17. The van der Waals surface area contributed by atoms with Crippen LogP contribution in [0.3, 0.4) is 0 Å². The molecule has 1 aromatic carbocycles. The van der Waals surface area contributed by atoms with Gasteiger partial charge in [-0.1, -0.05) is 13.8 Å². The van der Waals surface area contributed by atoms with Crippen molar-refractivity contribution in [2.75, 3.05) is 25.5 Å². The summed E-state index contributed by atoms with van der Waals surface area (Å²) in [4.78, 5) is 19.3. The van der Waals surface area contributed by atoms with E-state index in [1.54, 1.807) is 7.11 Å². The van der Waals surface area contributed by atoms with E-state index in [4.69, 9.17) is 4.74 Å². The summed E-state index contributed by atoms with van der Waals surface area (Å²) in [6.07, 6.45) is 1.85. The molecular formula is C18H24N4O2. The van der Waals surface area contributed by atoms with Gasteiger partial charge in [-0.2, -0.15) is 0 Å². The number of carbonyl (C=O) groups excluding carboxylic acids is 1. The third kappa shape index (κ3) is 3.76. The fraction of sp³-hybridized carbons (Fsp3) is 0.444. The lowest BCUT2D eigenvalue weighted by molar-refractivity contribution is 0.102. The first kappa shape index (κ1) is 16.5. The largest absolute Gasteiger partial charge is 0.497 e. The molecule has 0 spiro atoms.